The second-order valence-electron chi connectivity index (χ2n) is 2.36. The molecule has 0 aromatic carbocycles. The first-order chi connectivity index (χ1) is 5.38. The summed E-state index contributed by atoms with van der Waals surface area (Å²) in [6, 6.07) is 0. The van der Waals surface area contributed by atoms with Crippen molar-refractivity contribution in [3.63, 3.8) is 0 Å². The predicted molar refractivity (Wildman–Crippen MR) is 49.2 cm³/mol. The van der Waals surface area contributed by atoms with Crippen molar-refractivity contribution < 1.29 is 0 Å². The van der Waals surface area contributed by atoms with Crippen LogP contribution in [0.25, 0.3) is 0 Å². The van der Waals surface area contributed by atoms with Gasteiger partial charge in [0.2, 0.25) is 0 Å². The van der Waals surface area contributed by atoms with Crippen molar-refractivity contribution in [3.05, 3.63) is 48.2 Å². The smallest absolute Gasteiger partial charge is 0.0407 e. The molecule has 1 aliphatic rings. The van der Waals surface area contributed by atoms with Crippen LogP contribution >= 0.6 is 0 Å². The summed E-state index contributed by atoms with van der Waals surface area (Å²) in [7, 11) is 1.92. The van der Waals surface area contributed by atoms with Crippen LogP contribution in [0.2, 0.25) is 0 Å². The van der Waals surface area contributed by atoms with E-state index in [0.29, 0.717) is 0 Å². The maximum Gasteiger partial charge on any atom is 0.0407 e. The van der Waals surface area contributed by atoms with E-state index < -0.39 is 0 Å². The first kappa shape index (κ1) is 7.86. The van der Waals surface area contributed by atoms with Gasteiger partial charge in [0.15, 0.2) is 0 Å². The summed E-state index contributed by atoms with van der Waals surface area (Å²) in [6.07, 6.45) is 11.2. The average molecular weight is 147 g/mol. The Bertz CT molecular complexity index is 231. The quantitative estimate of drug-likeness (QED) is 0.631. The third-order valence-corrected chi connectivity index (χ3v) is 1.67. The van der Waals surface area contributed by atoms with Gasteiger partial charge in [-0.1, -0.05) is 30.9 Å². The summed E-state index contributed by atoms with van der Waals surface area (Å²) in [5.41, 5.74) is 2.31. The molecule has 0 aliphatic heterocycles. The van der Waals surface area contributed by atoms with Crippen LogP contribution in [-0.2, 0) is 0 Å². The normalized spacial score (nSPS) is 16.5. The van der Waals surface area contributed by atoms with Gasteiger partial charge in [-0.15, -0.1) is 0 Å². The van der Waals surface area contributed by atoms with E-state index in [0.717, 1.165) is 12.1 Å². The Morgan fingerprint density at radius 3 is 3.09 bits per heavy atom. The lowest BCUT2D eigenvalue weighted by Gasteiger charge is -2.04. The summed E-state index contributed by atoms with van der Waals surface area (Å²) in [5, 5.41) is 3.12. The Hall–Kier alpha value is -1.24. The highest BCUT2D eigenvalue weighted by Gasteiger charge is 1.97. The zero-order valence-corrected chi connectivity index (χ0v) is 6.80. The fourth-order valence-corrected chi connectivity index (χ4v) is 1.06. The number of rotatable bonds is 2. The molecule has 0 amide bonds. The lowest BCUT2D eigenvalue weighted by Crippen LogP contribution is -2.06. The van der Waals surface area contributed by atoms with Gasteiger partial charge in [0.1, 0.15) is 0 Å². The van der Waals surface area contributed by atoms with Crippen LogP contribution in [0, 0.1) is 0 Å². The Morgan fingerprint density at radius 2 is 2.45 bits per heavy atom. The summed E-state index contributed by atoms with van der Waals surface area (Å²) in [4.78, 5) is 0. The summed E-state index contributed by atoms with van der Waals surface area (Å²) < 4.78 is 0. The molecule has 0 saturated carbocycles. The molecular weight excluding hydrogens is 134 g/mol. The molecule has 0 saturated heterocycles. The maximum absolute atomic E-state index is 3.75. The largest absolute Gasteiger partial charge is 0.388 e. The third-order valence-electron chi connectivity index (χ3n) is 1.67. The topological polar surface area (TPSA) is 12.0 Å². The highest BCUT2D eigenvalue weighted by atomic mass is 14.8. The van der Waals surface area contributed by atoms with Crippen LogP contribution in [0.15, 0.2) is 48.2 Å². The van der Waals surface area contributed by atoms with E-state index in [1.165, 1.54) is 5.57 Å². The molecule has 0 atom stereocenters. The Morgan fingerprint density at radius 1 is 1.64 bits per heavy atom. The summed E-state index contributed by atoms with van der Waals surface area (Å²) in [6.45, 7) is 3.75. The second kappa shape index (κ2) is 3.81. The van der Waals surface area contributed by atoms with Crippen molar-refractivity contribution in [3.8, 4) is 0 Å². The van der Waals surface area contributed by atoms with Crippen LogP contribution in [0.5, 0.6) is 0 Å². The van der Waals surface area contributed by atoms with Crippen molar-refractivity contribution in [1.82, 2.24) is 5.32 Å². The van der Waals surface area contributed by atoms with Crippen LogP contribution in [0.1, 0.15) is 6.42 Å². The van der Waals surface area contributed by atoms with Crippen LogP contribution in [0.4, 0.5) is 0 Å². The highest BCUT2D eigenvalue weighted by Crippen LogP contribution is 2.12. The van der Waals surface area contributed by atoms with Gasteiger partial charge in [0.25, 0.3) is 0 Å². The molecule has 1 aliphatic carbocycles. The van der Waals surface area contributed by atoms with Crippen molar-refractivity contribution >= 4 is 0 Å². The fraction of sp³-hybridized carbons (Fsp3) is 0.200. The van der Waals surface area contributed by atoms with Crippen molar-refractivity contribution in [2.75, 3.05) is 7.05 Å². The monoisotopic (exact) mass is 147 g/mol. The molecule has 0 heterocycles. The molecule has 0 aromatic heterocycles. The van der Waals surface area contributed by atoms with E-state index in [2.05, 4.69) is 36.2 Å². The molecule has 0 spiro atoms. The maximum atomic E-state index is 3.75. The fourth-order valence-electron chi connectivity index (χ4n) is 1.06. The zero-order valence-electron chi connectivity index (χ0n) is 6.80. The van der Waals surface area contributed by atoms with E-state index in [1.54, 1.807) is 0 Å². The standard InChI is InChI=1S/C10H13N/c1-3-9-7-5-4-6-8-10(9)11-2/h3-4,6-8,11H,1,5H2,2H3. The molecule has 0 unspecified atom stereocenters. The Labute approximate surface area is 67.8 Å². The van der Waals surface area contributed by atoms with Crippen molar-refractivity contribution in [1.29, 1.82) is 0 Å². The first-order valence-electron chi connectivity index (χ1n) is 3.76. The van der Waals surface area contributed by atoms with Gasteiger partial charge in [-0.2, -0.15) is 0 Å². The lowest BCUT2D eigenvalue weighted by molar-refractivity contribution is 1.01. The van der Waals surface area contributed by atoms with Gasteiger partial charge in [-0.05, 0) is 18.1 Å². The van der Waals surface area contributed by atoms with Gasteiger partial charge in [-0.3, -0.25) is 0 Å². The summed E-state index contributed by atoms with van der Waals surface area (Å²) >= 11 is 0. The molecule has 1 heteroatoms. The van der Waals surface area contributed by atoms with Crippen molar-refractivity contribution in [2.24, 2.45) is 0 Å². The number of hydrogen-bond acceptors (Lipinski definition) is 1. The predicted octanol–water partition coefficient (Wildman–Crippen LogP) is 2.16. The van der Waals surface area contributed by atoms with E-state index in [4.69, 9.17) is 0 Å². The number of hydrogen-bond donors (Lipinski definition) is 1. The van der Waals surface area contributed by atoms with Gasteiger partial charge >= 0.3 is 0 Å². The molecule has 0 bridgehead atoms. The molecule has 1 N–H and O–H groups in total. The minimum absolute atomic E-state index is 0.989. The van der Waals surface area contributed by atoms with E-state index in [9.17, 15) is 0 Å². The van der Waals surface area contributed by atoms with Gasteiger partial charge in [-0.25, -0.2) is 0 Å². The molecule has 1 rings (SSSR count). The van der Waals surface area contributed by atoms with Crippen molar-refractivity contribution in [2.45, 2.75) is 6.42 Å². The molecule has 58 valence electrons. The molecule has 0 radical (unpaired) electrons. The first-order valence-corrected chi connectivity index (χ1v) is 3.76. The molecule has 11 heavy (non-hydrogen) atoms. The second-order valence-corrected chi connectivity index (χ2v) is 2.36. The minimum atomic E-state index is 0.989. The number of allylic oxidation sites excluding steroid dienone is 5. The molecule has 0 aromatic rings. The third kappa shape index (κ3) is 1.84. The zero-order chi connectivity index (χ0) is 8.10. The van der Waals surface area contributed by atoms with Crippen LogP contribution in [-0.4, -0.2) is 7.05 Å². The van der Waals surface area contributed by atoms with Crippen LogP contribution in [0.3, 0.4) is 0 Å². The van der Waals surface area contributed by atoms with Gasteiger partial charge in [0.05, 0.1) is 0 Å². The van der Waals surface area contributed by atoms with Gasteiger partial charge in [0, 0.05) is 12.7 Å². The molecule has 1 nitrogen and oxygen atoms in total. The van der Waals surface area contributed by atoms with E-state index in [-0.39, 0.29) is 0 Å². The minimum Gasteiger partial charge on any atom is -0.388 e. The average Bonchev–Trinajstić information content (AvgIpc) is 2.27. The SMILES string of the molecule is C=CC1=CCC=CC=C1NC. The van der Waals surface area contributed by atoms with Crippen LogP contribution < -0.4 is 5.32 Å². The number of nitrogens with one attached hydrogen (secondary N) is 1. The van der Waals surface area contributed by atoms with Gasteiger partial charge < -0.3 is 5.32 Å². The molecular formula is C10H13N. The Balaban J connectivity index is 2.90. The van der Waals surface area contributed by atoms with E-state index in [1.807, 2.05) is 13.1 Å². The van der Waals surface area contributed by atoms with E-state index >= 15 is 0 Å². The summed E-state index contributed by atoms with van der Waals surface area (Å²) in [5.74, 6) is 0. The lowest BCUT2D eigenvalue weighted by atomic mass is 10.1. The number of likely N-dealkylation sites (N-methyl/N-ethyl adjacent to an activating group) is 1. The molecule has 0 fully saturated rings. The Kier molecular flexibility index (Phi) is 2.73. The highest BCUT2D eigenvalue weighted by molar-refractivity contribution is 5.41.